The molecule has 2 aromatic rings. The minimum atomic E-state index is -0.596. The topological polar surface area (TPSA) is 64.4 Å². The number of rotatable bonds is 4. The SMILES string of the molecule is COc1ccc2c(c1)CCN(C(=O)C(C)n1nc(C3CC3)ccc1=O)C2. The third kappa shape index (κ3) is 3.11. The molecule has 0 bridgehead atoms. The summed E-state index contributed by atoms with van der Waals surface area (Å²) in [4.78, 5) is 27.0. The van der Waals surface area contributed by atoms with Crippen LogP contribution in [0.1, 0.15) is 48.5 Å². The van der Waals surface area contributed by atoms with Gasteiger partial charge in [0, 0.05) is 25.1 Å². The van der Waals surface area contributed by atoms with E-state index in [1.54, 1.807) is 20.1 Å². The molecule has 1 unspecified atom stereocenters. The van der Waals surface area contributed by atoms with Crippen molar-refractivity contribution >= 4 is 5.91 Å². The molecule has 4 rings (SSSR count). The van der Waals surface area contributed by atoms with Crippen LogP contribution in [0.4, 0.5) is 0 Å². The van der Waals surface area contributed by atoms with Crippen LogP contribution in [0.5, 0.6) is 5.75 Å². The highest BCUT2D eigenvalue weighted by Gasteiger charge is 2.29. The van der Waals surface area contributed by atoms with Crippen LogP contribution in [0.15, 0.2) is 35.1 Å². The van der Waals surface area contributed by atoms with Gasteiger partial charge in [0.25, 0.3) is 5.56 Å². The van der Waals surface area contributed by atoms with Gasteiger partial charge in [-0.05, 0) is 55.5 Å². The molecule has 1 amide bonds. The summed E-state index contributed by atoms with van der Waals surface area (Å²) >= 11 is 0. The van der Waals surface area contributed by atoms with Crippen molar-refractivity contribution in [1.29, 1.82) is 0 Å². The molecule has 136 valence electrons. The van der Waals surface area contributed by atoms with Crippen LogP contribution in [-0.4, -0.2) is 34.2 Å². The number of carbonyl (C=O) groups excluding carboxylic acids is 1. The second kappa shape index (κ2) is 6.59. The van der Waals surface area contributed by atoms with E-state index in [1.165, 1.54) is 16.3 Å². The molecule has 1 fully saturated rings. The highest BCUT2D eigenvalue weighted by molar-refractivity contribution is 5.80. The van der Waals surface area contributed by atoms with Crippen LogP contribution < -0.4 is 10.3 Å². The number of benzene rings is 1. The molecule has 1 aliphatic heterocycles. The third-order valence-electron chi connectivity index (χ3n) is 5.30. The molecular weight excluding hydrogens is 330 g/mol. The smallest absolute Gasteiger partial charge is 0.267 e. The molecule has 0 radical (unpaired) electrons. The summed E-state index contributed by atoms with van der Waals surface area (Å²) in [6, 6.07) is 8.69. The first-order valence-corrected chi connectivity index (χ1v) is 9.11. The number of amides is 1. The molecule has 0 saturated heterocycles. The normalized spacial score (nSPS) is 17.5. The Balaban J connectivity index is 1.54. The van der Waals surface area contributed by atoms with Crippen LogP contribution in [0.25, 0.3) is 0 Å². The van der Waals surface area contributed by atoms with E-state index in [9.17, 15) is 9.59 Å². The highest BCUT2D eigenvalue weighted by atomic mass is 16.5. The number of aromatic nitrogens is 2. The van der Waals surface area contributed by atoms with Gasteiger partial charge in [0.1, 0.15) is 11.8 Å². The Bertz CT molecular complexity index is 901. The lowest BCUT2D eigenvalue weighted by atomic mass is 9.99. The maximum atomic E-state index is 13.0. The zero-order chi connectivity index (χ0) is 18.3. The van der Waals surface area contributed by atoms with Gasteiger partial charge in [-0.15, -0.1) is 0 Å². The van der Waals surface area contributed by atoms with Crippen molar-refractivity contribution < 1.29 is 9.53 Å². The number of carbonyl (C=O) groups is 1. The largest absolute Gasteiger partial charge is 0.497 e. The van der Waals surface area contributed by atoms with Gasteiger partial charge in [0.05, 0.1) is 12.8 Å². The van der Waals surface area contributed by atoms with E-state index in [-0.39, 0.29) is 11.5 Å². The minimum absolute atomic E-state index is 0.0611. The van der Waals surface area contributed by atoms with Gasteiger partial charge < -0.3 is 9.64 Å². The molecule has 26 heavy (non-hydrogen) atoms. The number of nitrogens with zero attached hydrogens (tertiary/aromatic N) is 3. The third-order valence-corrected chi connectivity index (χ3v) is 5.30. The summed E-state index contributed by atoms with van der Waals surface area (Å²) in [5.41, 5.74) is 3.04. The van der Waals surface area contributed by atoms with E-state index >= 15 is 0 Å². The van der Waals surface area contributed by atoms with Crippen molar-refractivity contribution in [2.24, 2.45) is 0 Å². The monoisotopic (exact) mass is 353 g/mol. The lowest BCUT2D eigenvalue weighted by molar-refractivity contribution is -0.135. The Morgan fingerprint density at radius 1 is 1.23 bits per heavy atom. The van der Waals surface area contributed by atoms with Crippen molar-refractivity contribution in [1.82, 2.24) is 14.7 Å². The number of hydrogen-bond donors (Lipinski definition) is 0. The number of methoxy groups -OCH3 is 1. The average Bonchev–Trinajstić information content (AvgIpc) is 3.51. The number of fused-ring (bicyclic) bond motifs is 1. The first-order valence-electron chi connectivity index (χ1n) is 9.11. The van der Waals surface area contributed by atoms with Crippen LogP contribution in [0.3, 0.4) is 0 Å². The van der Waals surface area contributed by atoms with Gasteiger partial charge in [0.2, 0.25) is 5.91 Å². The van der Waals surface area contributed by atoms with Gasteiger partial charge in [-0.3, -0.25) is 9.59 Å². The fourth-order valence-corrected chi connectivity index (χ4v) is 3.53. The Hall–Kier alpha value is -2.63. The van der Waals surface area contributed by atoms with Gasteiger partial charge >= 0.3 is 0 Å². The molecule has 6 nitrogen and oxygen atoms in total. The molecular formula is C20H23N3O3. The summed E-state index contributed by atoms with van der Waals surface area (Å²) in [6.45, 7) is 2.96. The minimum Gasteiger partial charge on any atom is -0.497 e. The van der Waals surface area contributed by atoms with E-state index in [2.05, 4.69) is 5.10 Å². The van der Waals surface area contributed by atoms with Gasteiger partial charge in [-0.25, -0.2) is 4.68 Å². The van der Waals surface area contributed by atoms with Crippen LogP contribution in [0.2, 0.25) is 0 Å². The van der Waals surface area contributed by atoms with E-state index in [0.29, 0.717) is 19.0 Å². The predicted octanol–water partition coefficient (Wildman–Crippen LogP) is 2.28. The van der Waals surface area contributed by atoms with E-state index < -0.39 is 6.04 Å². The van der Waals surface area contributed by atoms with Crippen molar-refractivity contribution in [3.63, 3.8) is 0 Å². The molecule has 0 N–H and O–H groups in total. The first kappa shape index (κ1) is 16.8. The van der Waals surface area contributed by atoms with Crippen molar-refractivity contribution in [3.05, 3.63) is 57.5 Å². The Morgan fingerprint density at radius 3 is 2.77 bits per heavy atom. The predicted molar refractivity (Wildman–Crippen MR) is 97.3 cm³/mol. The van der Waals surface area contributed by atoms with E-state index in [1.807, 2.05) is 23.1 Å². The van der Waals surface area contributed by atoms with Crippen LogP contribution >= 0.6 is 0 Å². The maximum absolute atomic E-state index is 13.0. The summed E-state index contributed by atoms with van der Waals surface area (Å²) in [6.07, 6.45) is 3.01. The average molecular weight is 353 g/mol. The number of ether oxygens (including phenoxy) is 1. The molecule has 1 aromatic heterocycles. The van der Waals surface area contributed by atoms with E-state index in [4.69, 9.17) is 4.74 Å². The number of hydrogen-bond acceptors (Lipinski definition) is 4. The summed E-state index contributed by atoms with van der Waals surface area (Å²) in [7, 11) is 1.66. The Labute approximate surface area is 152 Å². The first-order chi connectivity index (χ1) is 12.6. The van der Waals surface area contributed by atoms with Crippen molar-refractivity contribution in [2.45, 2.75) is 44.7 Å². The van der Waals surface area contributed by atoms with Crippen molar-refractivity contribution in [2.75, 3.05) is 13.7 Å². The molecule has 1 atom stereocenters. The van der Waals surface area contributed by atoms with Gasteiger partial charge in [-0.1, -0.05) is 6.07 Å². The zero-order valence-electron chi connectivity index (χ0n) is 15.1. The van der Waals surface area contributed by atoms with Gasteiger partial charge in [-0.2, -0.15) is 5.10 Å². The molecule has 2 heterocycles. The molecule has 6 heteroatoms. The Kier molecular flexibility index (Phi) is 4.26. The fourth-order valence-electron chi connectivity index (χ4n) is 3.53. The second-order valence-electron chi connectivity index (χ2n) is 7.14. The van der Waals surface area contributed by atoms with Crippen LogP contribution in [0, 0.1) is 0 Å². The molecule has 1 saturated carbocycles. The van der Waals surface area contributed by atoms with Gasteiger partial charge in [0.15, 0.2) is 0 Å². The van der Waals surface area contributed by atoms with E-state index in [0.717, 1.165) is 36.3 Å². The lowest BCUT2D eigenvalue weighted by Gasteiger charge is -2.31. The maximum Gasteiger partial charge on any atom is 0.267 e. The standard InChI is InChI=1S/C20H23N3O3/c1-13(23-19(24)8-7-18(21-23)14-3-4-14)20(25)22-10-9-15-11-17(26-2)6-5-16(15)12-22/h5-8,11,13-14H,3-4,9-10,12H2,1-2H3. The second-order valence-corrected chi connectivity index (χ2v) is 7.14. The highest BCUT2D eigenvalue weighted by Crippen LogP contribution is 2.38. The zero-order valence-corrected chi connectivity index (χ0v) is 15.1. The fraction of sp³-hybridized carbons (Fsp3) is 0.450. The Morgan fingerprint density at radius 2 is 2.04 bits per heavy atom. The summed E-state index contributed by atoms with van der Waals surface area (Å²) in [5, 5.41) is 4.46. The molecule has 2 aliphatic rings. The van der Waals surface area contributed by atoms with Crippen LogP contribution in [-0.2, 0) is 17.8 Å². The summed E-state index contributed by atoms with van der Waals surface area (Å²) < 4.78 is 6.62. The molecule has 1 aliphatic carbocycles. The lowest BCUT2D eigenvalue weighted by Crippen LogP contribution is -2.42. The summed E-state index contributed by atoms with van der Waals surface area (Å²) in [5.74, 6) is 1.22. The quantitative estimate of drug-likeness (QED) is 0.846. The molecule has 0 spiro atoms. The van der Waals surface area contributed by atoms with Crippen molar-refractivity contribution in [3.8, 4) is 5.75 Å². The molecule has 1 aromatic carbocycles.